The van der Waals surface area contributed by atoms with Gasteiger partial charge in [-0.25, -0.2) is 0 Å². The van der Waals surface area contributed by atoms with Crippen LogP contribution < -0.4 is 19.5 Å². The van der Waals surface area contributed by atoms with Gasteiger partial charge in [-0.3, -0.25) is 4.79 Å². The maximum Gasteiger partial charge on any atom is 0.265 e. The molecule has 2 rings (SSSR count). The molecule has 25 heavy (non-hydrogen) atoms. The summed E-state index contributed by atoms with van der Waals surface area (Å²) in [4.78, 5) is 12.5. The average Bonchev–Trinajstić information content (AvgIpc) is 2.66. The first-order valence-corrected chi connectivity index (χ1v) is 8.39. The van der Waals surface area contributed by atoms with Crippen LogP contribution in [0.1, 0.15) is 25.8 Å². The van der Waals surface area contributed by atoms with Crippen molar-refractivity contribution in [1.29, 1.82) is 0 Å². The van der Waals surface area contributed by atoms with E-state index in [2.05, 4.69) is 12.2 Å². The van der Waals surface area contributed by atoms with Crippen LogP contribution in [0.15, 0.2) is 42.5 Å². The summed E-state index contributed by atoms with van der Waals surface area (Å²) in [6.07, 6.45) is 0.965. The summed E-state index contributed by atoms with van der Waals surface area (Å²) in [6, 6.07) is 13.0. The van der Waals surface area contributed by atoms with Crippen molar-refractivity contribution in [3.05, 3.63) is 48.0 Å². The van der Waals surface area contributed by atoms with Crippen LogP contribution in [0.25, 0.3) is 0 Å². The molecule has 1 N–H and O–H groups in total. The fourth-order valence-electron chi connectivity index (χ4n) is 2.43. The van der Waals surface area contributed by atoms with Crippen molar-refractivity contribution in [3.63, 3.8) is 0 Å². The summed E-state index contributed by atoms with van der Waals surface area (Å²) in [7, 11) is 3.13. The minimum atomic E-state index is -0.569. The van der Waals surface area contributed by atoms with Gasteiger partial charge in [0.05, 0.1) is 14.2 Å². The van der Waals surface area contributed by atoms with Crippen LogP contribution >= 0.6 is 0 Å². The van der Waals surface area contributed by atoms with Crippen molar-refractivity contribution in [2.75, 3.05) is 19.5 Å². The van der Waals surface area contributed by atoms with E-state index in [-0.39, 0.29) is 5.91 Å². The number of carbonyl (C=O) groups excluding carboxylic acids is 1. The van der Waals surface area contributed by atoms with Crippen molar-refractivity contribution in [1.82, 2.24) is 0 Å². The highest BCUT2D eigenvalue weighted by Crippen LogP contribution is 2.30. The van der Waals surface area contributed by atoms with E-state index in [1.54, 1.807) is 32.4 Å². The van der Waals surface area contributed by atoms with Crippen LogP contribution in [0.3, 0.4) is 0 Å². The standard InChI is InChI=1S/C20H25NO4/c1-5-14-7-10-16(11-8-14)25-17(6-2)20(22)21-15-9-12-18(23-3)19(13-15)24-4/h7-13,17H,5-6H2,1-4H3,(H,21,22)/t17-/m1/s1. The third kappa shape index (κ3) is 4.89. The van der Waals surface area contributed by atoms with Gasteiger partial charge in [0.15, 0.2) is 17.6 Å². The Labute approximate surface area is 148 Å². The lowest BCUT2D eigenvalue weighted by Gasteiger charge is -2.18. The second-order valence-corrected chi connectivity index (χ2v) is 5.57. The van der Waals surface area contributed by atoms with Gasteiger partial charge in [0.1, 0.15) is 5.75 Å². The Morgan fingerprint density at radius 2 is 1.68 bits per heavy atom. The number of nitrogens with one attached hydrogen (secondary N) is 1. The van der Waals surface area contributed by atoms with Gasteiger partial charge in [0, 0.05) is 11.8 Å². The van der Waals surface area contributed by atoms with Gasteiger partial charge in [-0.05, 0) is 42.7 Å². The molecule has 0 aliphatic rings. The molecule has 0 spiro atoms. The monoisotopic (exact) mass is 343 g/mol. The summed E-state index contributed by atoms with van der Waals surface area (Å²) in [5.41, 5.74) is 1.86. The highest BCUT2D eigenvalue weighted by Gasteiger charge is 2.19. The second-order valence-electron chi connectivity index (χ2n) is 5.57. The molecule has 5 nitrogen and oxygen atoms in total. The Bertz CT molecular complexity index is 697. The van der Waals surface area contributed by atoms with E-state index in [0.29, 0.717) is 29.4 Å². The van der Waals surface area contributed by atoms with Gasteiger partial charge in [-0.1, -0.05) is 26.0 Å². The molecule has 0 fully saturated rings. The molecule has 0 aliphatic heterocycles. The third-order valence-electron chi connectivity index (χ3n) is 3.92. The summed E-state index contributed by atoms with van der Waals surface area (Å²) in [5, 5.41) is 2.86. The summed E-state index contributed by atoms with van der Waals surface area (Å²) in [5.74, 6) is 1.66. The first kappa shape index (κ1) is 18.6. The Morgan fingerprint density at radius 3 is 2.24 bits per heavy atom. The van der Waals surface area contributed by atoms with Gasteiger partial charge >= 0.3 is 0 Å². The molecule has 0 saturated carbocycles. The maximum absolute atomic E-state index is 12.5. The molecule has 0 unspecified atom stereocenters. The van der Waals surface area contributed by atoms with E-state index in [0.717, 1.165) is 6.42 Å². The molecule has 2 aromatic rings. The maximum atomic E-state index is 12.5. The lowest BCUT2D eigenvalue weighted by molar-refractivity contribution is -0.122. The molecule has 0 heterocycles. The molecule has 0 radical (unpaired) electrons. The summed E-state index contributed by atoms with van der Waals surface area (Å²) in [6.45, 7) is 4.01. The fraction of sp³-hybridized carbons (Fsp3) is 0.350. The predicted molar refractivity (Wildman–Crippen MR) is 98.7 cm³/mol. The van der Waals surface area contributed by atoms with E-state index in [9.17, 15) is 4.79 Å². The van der Waals surface area contributed by atoms with Crippen molar-refractivity contribution in [2.24, 2.45) is 0 Å². The molecule has 0 saturated heterocycles. The average molecular weight is 343 g/mol. The molecular weight excluding hydrogens is 318 g/mol. The molecule has 1 atom stereocenters. The second kappa shape index (κ2) is 8.97. The topological polar surface area (TPSA) is 56.8 Å². The lowest BCUT2D eigenvalue weighted by Crippen LogP contribution is -2.32. The van der Waals surface area contributed by atoms with Gasteiger partial charge in [-0.15, -0.1) is 0 Å². The number of amides is 1. The smallest absolute Gasteiger partial charge is 0.265 e. The normalized spacial score (nSPS) is 11.5. The van der Waals surface area contributed by atoms with Crippen molar-refractivity contribution in [2.45, 2.75) is 32.8 Å². The summed E-state index contributed by atoms with van der Waals surface area (Å²) >= 11 is 0. The number of hydrogen-bond acceptors (Lipinski definition) is 4. The van der Waals surface area contributed by atoms with Crippen LogP contribution in [0, 0.1) is 0 Å². The highest BCUT2D eigenvalue weighted by atomic mass is 16.5. The van der Waals surface area contributed by atoms with Crippen LogP contribution in [0.2, 0.25) is 0 Å². The van der Waals surface area contributed by atoms with Crippen molar-refractivity contribution in [3.8, 4) is 17.2 Å². The number of hydrogen-bond donors (Lipinski definition) is 1. The Balaban J connectivity index is 2.06. The van der Waals surface area contributed by atoms with E-state index in [1.807, 2.05) is 31.2 Å². The Hall–Kier alpha value is -2.69. The molecule has 0 aliphatic carbocycles. The quantitative estimate of drug-likeness (QED) is 0.785. The van der Waals surface area contributed by atoms with E-state index in [4.69, 9.17) is 14.2 Å². The Morgan fingerprint density at radius 1 is 1.00 bits per heavy atom. The molecule has 0 aromatic heterocycles. The number of anilines is 1. The van der Waals surface area contributed by atoms with Crippen molar-refractivity contribution >= 4 is 11.6 Å². The number of aryl methyl sites for hydroxylation is 1. The molecule has 0 bridgehead atoms. The molecule has 1 amide bonds. The van der Waals surface area contributed by atoms with Crippen LogP contribution in [0.4, 0.5) is 5.69 Å². The molecular formula is C20H25NO4. The Kier molecular flexibility index (Phi) is 6.69. The minimum absolute atomic E-state index is 0.200. The van der Waals surface area contributed by atoms with Crippen molar-refractivity contribution < 1.29 is 19.0 Å². The zero-order valence-electron chi connectivity index (χ0n) is 15.2. The largest absolute Gasteiger partial charge is 0.493 e. The number of ether oxygens (including phenoxy) is 3. The zero-order valence-corrected chi connectivity index (χ0v) is 15.2. The van der Waals surface area contributed by atoms with E-state index >= 15 is 0 Å². The molecule has 5 heteroatoms. The van der Waals surface area contributed by atoms with Gasteiger partial charge in [0.2, 0.25) is 0 Å². The molecule has 2 aromatic carbocycles. The number of benzene rings is 2. The fourth-order valence-corrected chi connectivity index (χ4v) is 2.43. The van der Waals surface area contributed by atoms with Crippen LogP contribution in [0.5, 0.6) is 17.2 Å². The van der Waals surface area contributed by atoms with Gasteiger partial charge in [0.25, 0.3) is 5.91 Å². The number of methoxy groups -OCH3 is 2. The lowest BCUT2D eigenvalue weighted by atomic mass is 10.1. The first-order valence-electron chi connectivity index (χ1n) is 8.39. The number of rotatable bonds is 8. The van der Waals surface area contributed by atoms with E-state index < -0.39 is 6.10 Å². The van der Waals surface area contributed by atoms with E-state index in [1.165, 1.54) is 5.56 Å². The minimum Gasteiger partial charge on any atom is -0.493 e. The SMILES string of the molecule is CCc1ccc(O[C@H](CC)C(=O)Nc2ccc(OC)c(OC)c2)cc1. The number of carbonyl (C=O) groups is 1. The highest BCUT2D eigenvalue weighted by molar-refractivity contribution is 5.94. The third-order valence-corrected chi connectivity index (χ3v) is 3.92. The predicted octanol–water partition coefficient (Wildman–Crippen LogP) is 4.06. The van der Waals surface area contributed by atoms with Crippen LogP contribution in [-0.4, -0.2) is 26.2 Å². The van der Waals surface area contributed by atoms with Crippen LogP contribution in [-0.2, 0) is 11.2 Å². The first-order chi connectivity index (χ1) is 12.1. The van der Waals surface area contributed by atoms with Gasteiger partial charge in [-0.2, -0.15) is 0 Å². The summed E-state index contributed by atoms with van der Waals surface area (Å²) < 4.78 is 16.3. The molecule has 134 valence electrons. The van der Waals surface area contributed by atoms with Gasteiger partial charge < -0.3 is 19.5 Å². The zero-order chi connectivity index (χ0) is 18.2.